The smallest absolute Gasteiger partial charge is 0.234 e. The molecule has 0 radical (unpaired) electrons. The van der Waals surface area contributed by atoms with E-state index < -0.39 is 0 Å². The van der Waals surface area contributed by atoms with E-state index in [2.05, 4.69) is 29.4 Å². The van der Waals surface area contributed by atoms with Crippen LogP contribution in [0.3, 0.4) is 0 Å². The Morgan fingerprint density at radius 2 is 2.08 bits per heavy atom. The van der Waals surface area contributed by atoms with E-state index in [1.807, 2.05) is 35.8 Å². The zero-order valence-corrected chi connectivity index (χ0v) is 15.4. The molecule has 130 valence electrons. The molecule has 1 amide bonds. The van der Waals surface area contributed by atoms with Gasteiger partial charge in [0.1, 0.15) is 5.82 Å². The fraction of sp³-hybridized carbons (Fsp3) is 0.471. The first-order valence-corrected chi connectivity index (χ1v) is 8.91. The van der Waals surface area contributed by atoms with Crippen LogP contribution in [0.4, 0.5) is 5.69 Å². The number of thioether (sulfide) groups is 1. The van der Waals surface area contributed by atoms with Gasteiger partial charge in [0.15, 0.2) is 5.16 Å². The van der Waals surface area contributed by atoms with E-state index in [0.29, 0.717) is 13.2 Å². The van der Waals surface area contributed by atoms with Gasteiger partial charge in [-0.1, -0.05) is 43.8 Å². The molecule has 0 saturated heterocycles. The zero-order chi connectivity index (χ0) is 17.5. The molecule has 2 aromatic rings. The predicted octanol–water partition coefficient (Wildman–Crippen LogP) is 3.09. The number of nitrogens with zero attached hydrogens (tertiary/aromatic N) is 3. The van der Waals surface area contributed by atoms with Crippen LogP contribution in [0.5, 0.6) is 0 Å². The molecule has 0 bridgehead atoms. The number of aromatic nitrogens is 3. The normalized spacial score (nSPS) is 11.0. The van der Waals surface area contributed by atoms with Gasteiger partial charge in [-0.15, -0.1) is 10.2 Å². The highest BCUT2D eigenvalue weighted by atomic mass is 32.2. The van der Waals surface area contributed by atoms with Crippen molar-refractivity contribution < 1.29 is 9.53 Å². The van der Waals surface area contributed by atoms with E-state index in [1.165, 1.54) is 11.8 Å². The first-order chi connectivity index (χ1) is 11.5. The molecule has 6 nitrogen and oxygen atoms in total. The van der Waals surface area contributed by atoms with Crippen molar-refractivity contribution in [3.05, 3.63) is 35.7 Å². The standard InChI is InChI=1S/C17H24N4O2S/c1-12(2)16-19-20-17(21(16)9-10-23-4)24-11-15(22)18-14-8-6-5-7-13(14)3/h5-8,12H,9-11H2,1-4H3,(H,18,22). The average Bonchev–Trinajstić information content (AvgIpc) is 2.96. The maximum Gasteiger partial charge on any atom is 0.234 e. The average molecular weight is 348 g/mol. The molecule has 1 aromatic heterocycles. The minimum Gasteiger partial charge on any atom is -0.383 e. The third-order valence-electron chi connectivity index (χ3n) is 3.53. The Morgan fingerprint density at radius 1 is 1.33 bits per heavy atom. The molecule has 0 saturated carbocycles. The van der Waals surface area contributed by atoms with Gasteiger partial charge >= 0.3 is 0 Å². The lowest BCUT2D eigenvalue weighted by Crippen LogP contribution is -2.16. The topological polar surface area (TPSA) is 69.0 Å². The number of ether oxygens (including phenoxy) is 1. The number of nitrogens with one attached hydrogen (secondary N) is 1. The Morgan fingerprint density at radius 3 is 2.75 bits per heavy atom. The summed E-state index contributed by atoms with van der Waals surface area (Å²) in [5.41, 5.74) is 1.88. The van der Waals surface area contributed by atoms with Crippen molar-refractivity contribution in [3.8, 4) is 0 Å². The van der Waals surface area contributed by atoms with E-state index in [0.717, 1.165) is 22.2 Å². The third kappa shape index (κ3) is 4.82. The highest BCUT2D eigenvalue weighted by Gasteiger charge is 2.16. The summed E-state index contributed by atoms with van der Waals surface area (Å²) < 4.78 is 7.19. The molecule has 0 atom stereocenters. The number of rotatable bonds is 8. The maximum atomic E-state index is 12.2. The predicted molar refractivity (Wildman–Crippen MR) is 96.5 cm³/mol. The molecule has 0 fully saturated rings. The molecule has 7 heteroatoms. The number of amides is 1. The number of hydrogen-bond acceptors (Lipinski definition) is 5. The minimum atomic E-state index is -0.0540. The number of hydrogen-bond donors (Lipinski definition) is 1. The zero-order valence-electron chi connectivity index (χ0n) is 14.6. The fourth-order valence-electron chi connectivity index (χ4n) is 2.26. The fourth-order valence-corrected chi connectivity index (χ4v) is 3.03. The van der Waals surface area contributed by atoms with E-state index in [-0.39, 0.29) is 17.6 Å². The molecule has 24 heavy (non-hydrogen) atoms. The van der Waals surface area contributed by atoms with Crippen molar-refractivity contribution in [2.45, 2.75) is 38.4 Å². The number of carbonyl (C=O) groups is 1. The van der Waals surface area contributed by atoms with Crippen LogP contribution in [-0.4, -0.2) is 40.1 Å². The second kappa shape index (κ2) is 8.84. The van der Waals surface area contributed by atoms with Crippen molar-refractivity contribution in [2.24, 2.45) is 0 Å². The summed E-state index contributed by atoms with van der Waals surface area (Å²) in [4.78, 5) is 12.2. The van der Waals surface area contributed by atoms with Crippen LogP contribution in [0.25, 0.3) is 0 Å². The summed E-state index contributed by atoms with van der Waals surface area (Å²) in [6, 6.07) is 7.73. The lowest BCUT2D eigenvalue weighted by Gasteiger charge is -2.11. The van der Waals surface area contributed by atoms with E-state index in [4.69, 9.17) is 4.74 Å². The van der Waals surface area contributed by atoms with E-state index in [1.54, 1.807) is 7.11 Å². The van der Waals surface area contributed by atoms with Crippen LogP contribution in [0.1, 0.15) is 31.2 Å². The van der Waals surface area contributed by atoms with Gasteiger partial charge in [0.25, 0.3) is 0 Å². The summed E-state index contributed by atoms with van der Waals surface area (Å²) in [5, 5.41) is 12.2. The Bertz CT molecular complexity index is 685. The van der Waals surface area contributed by atoms with Gasteiger partial charge < -0.3 is 14.6 Å². The highest BCUT2D eigenvalue weighted by Crippen LogP contribution is 2.22. The largest absolute Gasteiger partial charge is 0.383 e. The van der Waals surface area contributed by atoms with Gasteiger partial charge in [-0.25, -0.2) is 0 Å². The van der Waals surface area contributed by atoms with Gasteiger partial charge in [0, 0.05) is 25.3 Å². The van der Waals surface area contributed by atoms with Gasteiger partial charge in [0.05, 0.1) is 12.4 Å². The van der Waals surface area contributed by atoms with E-state index in [9.17, 15) is 4.79 Å². The molecule has 0 spiro atoms. The Labute approximate surface area is 147 Å². The number of benzene rings is 1. The second-order valence-corrected chi connectivity index (χ2v) is 6.73. The van der Waals surface area contributed by atoms with Crippen molar-refractivity contribution in [2.75, 3.05) is 24.8 Å². The van der Waals surface area contributed by atoms with Gasteiger partial charge in [-0.3, -0.25) is 4.79 Å². The van der Waals surface area contributed by atoms with Crippen LogP contribution in [0.2, 0.25) is 0 Å². The SMILES string of the molecule is COCCn1c(SCC(=O)Nc2ccccc2C)nnc1C(C)C. The maximum absolute atomic E-state index is 12.2. The molecule has 1 heterocycles. The van der Waals surface area contributed by atoms with Crippen molar-refractivity contribution in [3.63, 3.8) is 0 Å². The highest BCUT2D eigenvalue weighted by molar-refractivity contribution is 7.99. The van der Waals surface area contributed by atoms with E-state index >= 15 is 0 Å². The third-order valence-corrected chi connectivity index (χ3v) is 4.50. The molecule has 0 unspecified atom stereocenters. The lowest BCUT2D eigenvalue weighted by molar-refractivity contribution is -0.113. The molecule has 1 N–H and O–H groups in total. The van der Waals surface area contributed by atoms with Crippen molar-refractivity contribution >= 4 is 23.4 Å². The summed E-state index contributed by atoms with van der Waals surface area (Å²) in [5.74, 6) is 1.41. The summed E-state index contributed by atoms with van der Waals surface area (Å²) in [6.45, 7) is 7.39. The number of aryl methyl sites for hydroxylation is 1. The first-order valence-electron chi connectivity index (χ1n) is 7.93. The number of anilines is 1. The number of para-hydroxylation sites is 1. The molecule has 0 aliphatic carbocycles. The molecule has 1 aromatic carbocycles. The van der Waals surface area contributed by atoms with Gasteiger partial charge in [-0.2, -0.15) is 0 Å². The first kappa shape index (κ1) is 18.5. The second-order valence-electron chi connectivity index (χ2n) is 5.79. The Kier molecular flexibility index (Phi) is 6.81. The van der Waals surface area contributed by atoms with Crippen LogP contribution in [-0.2, 0) is 16.1 Å². The number of carbonyl (C=O) groups excluding carboxylic acids is 1. The van der Waals surface area contributed by atoms with Crippen LogP contribution in [0.15, 0.2) is 29.4 Å². The summed E-state index contributed by atoms with van der Waals surface area (Å²) in [6.07, 6.45) is 0. The monoisotopic (exact) mass is 348 g/mol. The summed E-state index contributed by atoms with van der Waals surface area (Å²) in [7, 11) is 1.67. The van der Waals surface area contributed by atoms with Crippen molar-refractivity contribution in [1.29, 1.82) is 0 Å². The molecule has 0 aliphatic rings. The summed E-state index contributed by atoms with van der Waals surface area (Å²) >= 11 is 1.39. The van der Waals surface area contributed by atoms with Crippen LogP contribution < -0.4 is 5.32 Å². The number of methoxy groups -OCH3 is 1. The van der Waals surface area contributed by atoms with Gasteiger partial charge in [0.2, 0.25) is 5.91 Å². The Balaban J connectivity index is 2.00. The quantitative estimate of drug-likeness (QED) is 0.743. The molecular formula is C17H24N4O2S. The lowest BCUT2D eigenvalue weighted by atomic mass is 10.2. The molecule has 2 rings (SSSR count). The van der Waals surface area contributed by atoms with Crippen molar-refractivity contribution in [1.82, 2.24) is 14.8 Å². The Hall–Kier alpha value is -1.86. The minimum absolute atomic E-state index is 0.0540. The van der Waals surface area contributed by atoms with Crippen LogP contribution in [0, 0.1) is 6.92 Å². The molecular weight excluding hydrogens is 324 g/mol. The van der Waals surface area contributed by atoms with Crippen LogP contribution >= 0.6 is 11.8 Å². The molecule has 0 aliphatic heterocycles. The van der Waals surface area contributed by atoms with Gasteiger partial charge in [-0.05, 0) is 18.6 Å².